The van der Waals surface area contributed by atoms with Crippen molar-refractivity contribution in [1.29, 1.82) is 0 Å². The largest absolute Gasteiger partial charge is 0.465 e. The van der Waals surface area contributed by atoms with Crippen LogP contribution in [-0.4, -0.2) is 45.9 Å². The molecule has 0 N–H and O–H groups in total. The Morgan fingerprint density at radius 2 is 1.93 bits per heavy atom. The summed E-state index contributed by atoms with van der Waals surface area (Å²) in [6.07, 6.45) is 1.10. The number of nitrogens with zero attached hydrogens (tertiary/aromatic N) is 2. The molecule has 0 amide bonds. The van der Waals surface area contributed by atoms with E-state index in [2.05, 4.69) is 4.98 Å². The molecular formula is C20H23FN2O5S. The van der Waals surface area contributed by atoms with Crippen LogP contribution in [0.4, 0.5) is 10.2 Å². The first-order valence-corrected chi connectivity index (χ1v) is 11.0. The second-order valence-corrected chi connectivity index (χ2v) is 9.00. The van der Waals surface area contributed by atoms with Gasteiger partial charge >= 0.3 is 5.97 Å². The topological polar surface area (TPSA) is 85.8 Å². The molecule has 0 saturated heterocycles. The number of ether oxygens (including phenoxy) is 2. The molecule has 0 radical (unpaired) electrons. The molecule has 7 nitrogen and oxygen atoms in total. The molecule has 29 heavy (non-hydrogen) atoms. The van der Waals surface area contributed by atoms with Crippen molar-refractivity contribution in [3.8, 4) is 11.1 Å². The van der Waals surface area contributed by atoms with Gasteiger partial charge in [0.2, 0.25) is 10.0 Å². The molecule has 1 aromatic heterocycles. The smallest absolute Gasteiger partial charge is 0.340 e. The van der Waals surface area contributed by atoms with Gasteiger partial charge in [0.1, 0.15) is 11.6 Å². The van der Waals surface area contributed by atoms with E-state index in [0.29, 0.717) is 22.4 Å². The predicted octanol–water partition coefficient (Wildman–Crippen LogP) is 3.09. The third-order valence-electron chi connectivity index (χ3n) is 4.70. The Bertz CT molecular complexity index is 1040. The molecule has 0 saturated carbocycles. The average molecular weight is 422 g/mol. The second-order valence-electron chi connectivity index (χ2n) is 7.09. The highest BCUT2D eigenvalue weighted by atomic mass is 32.2. The Labute approximate surface area is 169 Å². The molecule has 0 aliphatic carbocycles. The minimum atomic E-state index is -3.63. The quantitative estimate of drug-likeness (QED) is 0.704. The molecule has 3 rings (SSSR count). The van der Waals surface area contributed by atoms with Crippen LogP contribution in [0.15, 0.2) is 24.3 Å². The first kappa shape index (κ1) is 21.2. The second kappa shape index (κ2) is 8.08. The summed E-state index contributed by atoms with van der Waals surface area (Å²) in [5.74, 6) is -0.995. The van der Waals surface area contributed by atoms with Gasteiger partial charge in [-0.15, -0.1) is 0 Å². The van der Waals surface area contributed by atoms with Crippen molar-refractivity contribution >= 4 is 21.8 Å². The highest BCUT2D eigenvalue weighted by Crippen LogP contribution is 2.39. The highest BCUT2D eigenvalue weighted by Gasteiger charge is 2.33. The molecular weight excluding hydrogens is 399 g/mol. The number of aromatic nitrogens is 1. The molecule has 0 bridgehead atoms. The fourth-order valence-electron chi connectivity index (χ4n) is 3.38. The lowest BCUT2D eigenvalue weighted by molar-refractivity contribution is 0.0599. The van der Waals surface area contributed by atoms with Crippen molar-refractivity contribution in [2.24, 2.45) is 0 Å². The van der Waals surface area contributed by atoms with Crippen LogP contribution in [0.2, 0.25) is 0 Å². The number of hydrogen-bond acceptors (Lipinski definition) is 6. The van der Waals surface area contributed by atoms with Gasteiger partial charge in [-0.2, -0.15) is 0 Å². The van der Waals surface area contributed by atoms with Crippen molar-refractivity contribution in [1.82, 2.24) is 4.98 Å². The zero-order chi connectivity index (χ0) is 21.3. The summed E-state index contributed by atoms with van der Waals surface area (Å²) in [6.45, 7) is 4.05. The van der Waals surface area contributed by atoms with Gasteiger partial charge in [-0.1, -0.05) is 26.0 Å². The van der Waals surface area contributed by atoms with E-state index in [1.807, 2.05) is 13.8 Å². The third kappa shape index (κ3) is 4.11. The summed E-state index contributed by atoms with van der Waals surface area (Å²) in [5.41, 5.74) is 2.08. The van der Waals surface area contributed by atoms with E-state index in [4.69, 9.17) is 9.47 Å². The monoisotopic (exact) mass is 422 g/mol. The van der Waals surface area contributed by atoms with Gasteiger partial charge in [-0.3, -0.25) is 4.31 Å². The molecule has 156 valence electrons. The van der Waals surface area contributed by atoms with E-state index in [0.717, 1.165) is 6.26 Å². The summed E-state index contributed by atoms with van der Waals surface area (Å²) in [6, 6.07) is 5.64. The average Bonchev–Trinajstić information content (AvgIpc) is 2.88. The van der Waals surface area contributed by atoms with Gasteiger partial charge in [-0.05, 0) is 23.6 Å². The van der Waals surface area contributed by atoms with Crippen LogP contribution in [0, 0.1) is 5.82 Å². The maximum Gasteiger partial charge on any atom is 0.340 e. The first-order chi connectivity index (χ1) is 13.6. The normalized spacial score (nSPS) is 14.5. The molecule has 1 aromatic carbocycles. The predicted molar refractivity (Wildman–Crippen MR) is 107 cm³/mol. The highest BCUT2D eigenvalue weighted by molar-refractivity contribution is 7.92. The van der Waals surface area contributed by atoms with Gasteiger partial charge < -0.3 is 9.47 Å². The number of rotatable bonds is 4. The number of esters is 1. The lowest BCUT2D eigenvalue weighted by Crippen LogP contribution is -2.33. The molecule has 1 aliphatic heterocycles. The van der Waals surface area contributed by atoms with Crippen LogP contribution >= 0.6 is 0 Å². The Morgan fingerprint density at radius 3 is 2.48 bits per heavy atom. The number of hydrogen-bond donors (Lipinski definition) is 0. The molecule has 0 fully saturated rings. The van der Waals surface area contributed by atoms with E-state index in [1.165, 1.54) is 35.7 Å². The number of halogens is 1. The third-order valence-corrected chi connectivity index (χ3v) is 5.85. The number of pyridine rings is 1. The zero-order valence-corrected chi connectivity index (χ0v) is 17.5. The number of carbonyl (C=O) groups is 1. The molecule has 9 heteroatoms. The molecule has 0 atom stereocenters. The van der Waals surface area contributed by atoms with Crippen LogP contribution in [0.3, 0.4) is 0 Å². The standard InChI is InChI=1S/C20H23FN2O5S/c1-12(2)18-17(20(24)27-3)16(13-5-7-14(21)8-6-13)15-11-28-10-9-23(19(15)22-18)29(4,25)26/h5-8,12H,9-11H2,1-4H3. The van der Waals surface area contributed by atoms with E-state index >= 15 is 0 Å². The van der Waals surface area contributed by atoms with Crippen LogP contribution in [0.1, 0.15) is 41.4 Å². The van der Waals surface area contributed by atoms with Crippen LogP contribution in [0.5, 0.6) is 0 Å². The minimum Gasteiger partial charge on any atom is -0.465 e. The molecule has 2 aromatic rings. The van der Waals surface area contributed by atoms with Gasteiger partial charge in [0, 0.05) is 11.1 Å². The van der Waals surface area contributed by atoms with Crippen molar-refractivity contribution < 1.29 is 27.1 Å². The van der Waals surface area contributed by atoms with Gasteiger partial charge in [0.15, 0.2) is 0 Å². The summed E-state index contributed by atoms with van der Waals surface area (Å²) in [5, 5.41) is 0. The Kier molecular flexibility index (Phi) is 5.90. The van der Waals surface area contributed by atoms with E-state index in [9.17, 15) is 17.6 Å². The van der Waals surface area contributed by atoms with Crippen molar-refractivity contribution in [3.05, 3.63) is 46.9 Å². The summed E-state index contributed by atoms with van der Waals surface area (Å²) >= 11 is 0. The fraction of sp³-hybridized carbons (Fsp3) is 0.400. The number of benzene rings is 1. The maximum absolute atomic E-state index is 13.5. The number of anilines is 1. The lowest BCUT2D eigenvalue weighted by Gasteiger charge is -2.25. The summed E-state index contributed by atoms with van der Waals surface area (Å²) in [7, 11) is -2.37. The van der Waals surface area contributed by atoms with Crippen molar-refractivity contribution in [3.63, 3.8) is 0 Å². The number of carbonyl (C=O) groups excluding carboxylic acids is 1. The minimum absolute atomic E-state index is 0.0590. The van der Waals surface area contributed by atoms with E-state index in [1.54, 1.807) is 0 Å². The Morgan fingerprint density at radius 1 is 1.28 bits per heavy atom. The van der Waals surface area contributed by atoms with Crippen LogP contribution in [-0.2, 0) is 26.1 Å². The SMILES string of the molecule is COC(=O)c1c(C(C)C)nc2c(c1-c1ccc(F)cc1)COCCN2S(C)(=O)=O. The van der Waals surface area contributed by atoms with Crippen LogP contribution < -0.4 is 4.31 Å². The molecule has 0 spiro atoms. The Hall–Kier alpha value is -2.52. The maximum atomic E-state index is 13.5. The van der Waals surface area contributed by atoms with E-state index in [-0.39, 0.29) is 37.1 Å². The van der Waals surface area contributed by atoms with Gasteiger partial charge in [0.05, 0.1) is 44.4 Å². The van der Waals surface area contributed by atoms with Gasteiger partial charge in [0.25, 0.3) is 0 Å². The Balaban J connectivity index is 2.46. The summed E-state index contributed by atoms with van der Waals surface area (Å²) in [4.78, 5) is 17.3. The summed E-state index contributed by atoms with van der Waals surface area (Å²) < 4.78 is 50.2. The van der Waals surface area contributed by atoms with E-state index < -0.39 is 21.8 Å². The van der Waals surface area contributed by atoms with Gasteiger partial charge in [-0.25, -0.2) is 22.6 Å². The lowest BCUT2D eigenvalue weighted by atomic mass is 9.90. The van der Waals surface area contributed by atoms with Crippen LogP contribution in [0.25, 0.3) is 11.1 Å². The van der Waals surface area contributed by atoms with Crippen molar-refractivity contribution in [2.45, 2.75) is 26.4 Å². The molecule has 1 aliphatic rings. The number of methoxy groups -OCH3 is 1. The molecule has 2 heterocycles. The number of fused-ring (bicyclic) bond motifs is 1. The molecule has 0 unspecified atom stereocenters. The van der Waals surface area contributed by atoms with Crippen molar-refractivity contribution in [2.75, 3.05) is 30.8 Å². The first-order valence-electron chi connectivity index (χ1n) is 9.11. The fourth-order valence-corrected chi connectivity index (χ4v) is 4.25. The zero-order valence-electron chi connectivity index (χ0n) is 16.7. The number of sulfonamides is 1.